The number of nitrogens with zero attached hydrogens (tertiary/aromatic N) is 3. The van der Waals surface area contributed by atoms with Gasteiger partial charge in [-0.1, -0.05) is 13.8 Å². The molecule has 10 heteroatoms. The molecule has 2 saturated heterocycles. The number of hydrogen-bond acceptors (Lipinski definition) is 7. The molecule has 2 atom stereocenters. The number of amides is 1. The Labute approximate surface area is 196 Å². The fourth-order valence-corrected chi connectivity index (χ4v) is 7.16. The minimum absolute atomic E-state index is 0.0769. The number of thioether (sulfide) groups is 1. The molecule has 0 saturated carbocycles. The van der Waals surface area contributed by atoms with E-state index in [4.69, 9.17) is 9.47 Å². The summed E-state index contributed by atoms with van der Waals surface area (Å²) in [5.74, 6) is 1.83. The highest BCUT2D eigenvalue weighted by atomic mass is 32.2. The number of hydrogen-bond donors (Lipinski definition) is 0. The molecule has 32 heavy (non-hydrogen) atoms. The number of carbonyl (C=O) groups is 1. The van der Waals surface area contributed by atoms with Crippen molar-refractivity contribution in [2.75, 3.05) is 59.2 Å². The van der Waals surface area contributed by atoms with Gasteiger partial charge in [0.1, 0.15) is 16.9 Å². The largest absolute Gasteiger partial charge is 0.497 e. The summed E-state index contributed by atoms with van der Waals surface area (Å²) in [6, 6.07) is 5.69. The van der Waals surface area contributed by atoms with Crippen molar-refractivity contribution in [1.29, 1.82) is 0 Å². The van der Waals surface area contributed by atoms with E-state index in [-0.39, 0.29) is 22.3 Å². The van der Waals surface area contributed by atoms with Gasteiger partial charge in [0.25, 0.3) is 0 Å². The van der Waals surface area contributed by atoms with Crippen LogP contribution in [0.4, 0.5) is 0 Å². The molecule has 2 fully saturated rings. The Bertz CT molecular complexity index is 888. The third kappa shape index (κ3) is 5.52. The van der Waals surface area contributed by atoms with E-state index in [0.29, 0.717) is 45.7 Å². The summed E-state index contributed by atoms with van der Waals surface area (Å²) in [5, 5.41) is -0.212. The van der Waals surface area contributed by atoms with Crippen molar-refractivity contribution >= 4 is 27.7 Å². The van der Waals surface area contributed by atoms with Crippen LogP contribution in [-0.2, 0) is 14.8 Å². The van der Waals surface area contributed by atoms with Gasteiger partial charge in [-0.2, -0.15) is 4.31 Å². The van der Waals surface area contributed by atoms with E-state index in [1.807, 2.05) is 36.9 Å². The molecule has 0 spiro atoms. The first-order chi connectivity index (χ1) is 15.3. The monoisotopic (exact) mass is 485 g/mol. The summed E-state index contributed by atoms with van der Waals surface area (Å²) in [4.78, 5) is 17.3. The van der Waals surface area contributed by atoms with Gasteiger partial charge in [0.2, 0.25) is 15.9 Å². The van der Waals surface area contributed by atoms with Gasteiger partial charge < -0.3 is 14.4 Å². The maximum absolute atomic E-state index is 13.1. The Morgan fingerprint density at radius 3 is 2.38 bits per heavy atom. The molecule has 0 aromatic heterocycles. The number of rotatable bonds is 10. The first-order valence-corrected chi connectivity index (χ1v) is 13.8. The minimum atomic E-state index is -3.15. The zero-order chi connectivity index (χ0) is 23.3. The molecule has 1 aromatic rings. The SMILES string of the molecule is CCCS(=O)(=O)N1CCN(CCN2C(=O)[C@@H](CC)S[C@H]2c2cc(OC)ccc2OC)CC1. The number of methoxy groups -OCH3 is 2. The second-order valence-corrected chi connectivity index (χ2v) is 11.5. The zero-order valence-corrected chi connectivity index (χ0v) is 21.1. The number of carbonyl (C=O) groups excluding carboxylic acids is 1. The van der Waals surface area contributed by atoms with Crippen molar-refractivity contribution in [1.82, 2.24) is 14.1 Å². The lowest BCUT2D eigenvalue weighted by Crippen LogP contribution is -2.51. The fraction of sp³-hybridized carbons (Fsp3) is 0.682. The van der Waals surface area contributed by atoms with E-state index in [1.165, 1.54) is 0 Å². The molecule has 0 unspecified atom stereocenters. The molecule has 180 valence electrons. The van der Waals surface area contributed by atoms with Crippen molar-refractivity contribution < 1.29 is 22.7 Å². The molecule has 2 aliphatic heterocycles. The van der Waals surface area contributed by atoms with Crippen LogP contribution in [0, 0.1) is 0 Å². The van der Waals surface area contributed by atoms with Crippen molar-refractivity contribution in [3.63, 3.8) is 0 Å². The maximum Gasteiger partial charge on any atom is 0.236 e. The third-order valence-corrected chi connectivity index (χ3v) is 9.76. The molecule has 3 rings (SSSR count). The Morgan fingerprint density at radius 2 is 1.78 bits per heavy atom. The lowest BCUT2D eigenvalue weighted by Gasteiger charge is -2.35. The van der Waals surface area contributed by atoms with Gasteiger partial charge in [-0.05, 0) is 31.0 Å². The van der Waals surface area contributed by atoms with Gasteiger partial charge in [0.15, 0.2) is 0 Å². The Hall–Kier alpha value is -1.49. The van der Waals surface area contributed by atoms with Gasteiger partial charge in [-0.15, -0.1) is 11.8 Å². The van der Waals surface area contributed by atoms with Crippen LogP contribution in [0.1, 0.15) is 37.6 Å². The highest BCUT2D eigenvalue weighted by Crippen LogP contribution is 2.47. The van der Waals surface area contributed by atoms with Gasteiger partial charge in [0.05, 0.1) is 25.2 Å². The van der Waals surface area contributed by atoms with Gasteiger partial charge in [-0.25, -0.2) is 8.42 Å². The molecular weight excluding hydrogens is 450 g/mol. The second kappa shape index (κ2) is 11.1. The number of piperazine rings is 1. The number of ether oxygens (including phenoxy) is 2. The normalized spacial score (nSPS) is 23.0. The van der Waals surface area contributed by atoms with E-state index >= 15 is 0 Å². The Balaban J connectivity index is 1.69. The number of sulfonamides is 1. The van der Waals surface area contributed by atoms with Crippen LogP contribution in [0.3, 0.4) is 0 Å². The first kappa shape index (κ1) is 25.1. The summed E-state index contributed by atoms with van der Waals surface area (Å²) in [6.45, 7) is 7.61. The van der Waals surface area contributed by atoms with Gasteiger partial charge in [0, 0.05) is 44.8 Å². The predicted molar refractivity (Wildman–Crippen MR) is 128 cm³/mol. The van der Waals surface area contributed by atoms with E-state index in [2.05, 4.69) is 4.90 Å². The molecule has 1 aromatic carbocycles. The standard InChI is InChI=1S/C22H35N3O5S2/c1-5-15-32(27,28)24-12-9-23(10-13-24)11-14-25-21(26)20(6-2)31-22(25)18-16-17(29-3)7-8-19(18)30-4/h7-8,16,20,22H,5-6,9-15H2,1-4H3/t20-,22+/m1/s1. The van der Waals surface area contributed by atoms with Crippen molar-refractivity contribution in [2.45, 2.75) is 37.3 Å². The van der Waals surface area contributed by atoms with Crippen LogP contribution in [-0.4, -0.2) is 92.9 Å². The average Bonchev–Trinajstić information content (AvgIpc) is 3.12. The predicted octanol–water partition coefficient (Wildman–Crippen LogP) is 2.41. The van der Waals surface area contributed by atoms with E-state index in [1.54, 1.807) is 30.3 Å². The molecule has 0 bridgehead atoms. The van der Waals surface area contributed by atoms with Crippen LogP contribution in [0.2, 0.25) is 0 Å². The van der Waals surface area contributed by atoms with E-state index < -0.39 is 10.0 Å². The topological polar surface area (TPSA) is 79.4 Å². The molecule has 8 nitrogen and oxygen atoms in total. The molecule has 1 amide bonds. The van der Waals surface area contributed by atoms with Crippen LogP contribution in [0.15, 0.2) is 18.2 Å². The van der Waals surface area contributed by atoms with Crippen LogP contribution >= 0.6 is 11.8 Å². The Morgan fingerprint density at radius 1 is 1.06 bits per heavy atom. The van der Waals surface area contributed by atoms with Crippen molar-refractivity contribution in [3.05, 3.63) is 23.8 Å². The highest BCUT2D eigenvalue weighted by Gasteiger charge is 2.41. The third-order valence-electron chi connectivity index (χ3n) is 6.05. The molecule has 0 N–H and O–H groups in total. The molecule has 0 aliphatic carbocycles. The summed E-state index contributed by atoms with van der Waals surface area (Å²) < 4.78 is 37.2. The average molecular weight is 486 g/mol. The highest BCUT2D eigenvalue weighted by molar-refractivity contribution is 8.01. The summed E-state index contributed by atoms with van der Waals surface area (Å²) >= 11 is 1.66. The molecule has 0 radical (unpaired) electrons. The van der Waals surface area contributed by atoms with Crippen LogP contribution < -0.4 is 9.47 Å². The maximum atomic E-state index is 13.1. The smallest absolute Gasteiger partial charge is 0.236 e. The van der Waals surface area contributed by atoms with Crippen LogP contribution in [0.25, 0.3) is 0 Å². The van der Waals surface area contributed by atoms with Crippen molar-refractivity contribution in [2.24, 2.45) is 0 Å². The van der Waals surface area contributed by atoms with Gasteiger partial charge in [-0.3, -0.25) is 9.69 Å². The quantitative estimate of drug-likeness (QED) is 0.504. The summed E-state index contributed by atoms with van der Waals surface area (Å²) in [7, 11) is 0.117. The van der Waals surface area contributed by atoms with E-state index in [9.17, 15) is 13.2 Å². The Kier molecular flexibility index (Phi) is 8.71. The lowest BCUT2D eigenvalue weighted by atomic mass is 10.1. The lowest BCUT2D eigenvalue weighted by molar-refractivity contribution is -0.130. The summed E-state index contributed by atoms with van der Waals surface area (Å²) in [6.07, 6.45) is 1.40. The molecule has 2 heterocycles. The zero-order valence-electron chi connectivity index (χ0n) is 19.5. The second-order valence-electron chi connectivity index (χ2n) is 8.08. The molecular formula is C22H35N3O5S2. The first-order valence-electron chi connectivity index (χ1n) is 11.2. The fourth-order valence-electron chi connectivity index (χ4n) is 4.23. The summed E-state index contributed by atoms with van der Waals surface area (Å²) in [5.41, 5.74) is 0.941. The van der Waals surface area contributed by atoms with E-state index in [0.717, 1.165) is 23.5 Å². The number of benzene rings is 1. The van der Waals surface area contributed by atoms with Crippen molar-refractivity contribution in [3.8, 4) is 11.5 Å². The van der Waals surface area contributed by atoms with Gasteiger partial charge >= 0.3 is 0 Å². The van der Waals surface area contributed by atoms with Crippen LogP contribution in [0.5, 0.6) is 11.5 Å². The molecule has 2 aliphatic rings. The minimum Gasteiger partial charge on any atom is -0.497 e.